The fourth-order valence-electron chi connectivity index (χ4n) is 2.95. The van der Waals surface area contributed by atoms with Crippen LogP contribution in [0.4, 0.5) is 4.79 Å². The van der Waals surface area contributed by atoms with Gasteiger partial charge in [0.15, 0.2) is 0 Å². The van der Waals surface area contributed by atoms with Gasteiger partial charge in [0.1, 0.15) is 6.04 Å². The molecular formula is C15H19N3O2. The standard InChI is InChI=1S/C15H19N3O2/c19-14-13(10-11-4-2-1-3-5-11)17-15(20)18(14)12-6-8-16-9-7-12/h1-5,12-13,16H,6-10H2,(H,17,20). The zero-order chi connectivity index (χ0) is 13.9. The van der Waals surface area contributed by atoms with Crippen LogP contribution in [0.1, 0.15) is 18.4 Å². The van der Waals surface area contributed by atoms with Crippen LogP contribution in [0, 0.1) is 0 Å². The molecule has 106 valence electrons. The van der Waals surface area contributed by atoms with Crippen molar-refractivity contribution in [3.8, 4) is 0 Å². The zero-order valence-electron chi connectivity index (χ0n) is 11.3. The van der Waals surface area contributed by atoms with Crippen LogP contribution >= 0.6 is 0 Å². The number of hydrogen-bond donors (Lipinski definition) is 2. The van der Waals surface area contributed by atoms with Gasteiger partial charge in [-0.15, -0.1) is 0 Å². The van der Waals surface area contributed by atoms with E-state index in [1.54, 1.807) is 0 Å². The summed E-state index contributed by atoms with van der Waals surface area (Å²) in [5, 5.41) is 6.07. The number of carbonyl (C=O) groups excluding carboxylic acids is 2. The van der Waals surface area contributed by atoms with Crippen molar-refractivity contribution < 1.29 is 9.59 Å². The predicted molar refractivity (Wildman–Crippen MR) is 75.2 cm³/mol. The van der Waals surface area contributed by atoms with E-state index in [1.165, 1.54) is 4.90 Å². The second-order valence-electron chi connectivity index (χ2n) is 5.38. The topological polar surface area (TPSA) is 61.4 Å². The molecular weight excluding hydrogens is 254 g/mol. The van der Waals surface area contributed by atoms with Crippen LogP contribution in [-0.2, 0) is 11.2 Å². The minimum Gasteiger partial charge on any atom is -0.325 e. The Kier molecular flexibility index (Phi) is 3.69. The lowest BCUT2D eigenvalue weighted by Gasteiger charge is -2.29. The molecule has 1 unspecified atom stereocenters. The summed E-state index contributed by atoms with van der Waals surface area (Å²) in [6, 6.07) is 9.19. The van der Waals surface area contributed by atoms with Crippen LogP contribution in [0.15, 0.2) is 30.3 Å². The molecule has 0 spiro atoms. The Balaban J connectivity index is 1.70. The maximum absolute atomic E-state index is 12.4. The van der Waals surface area contributed by atoms with Crippen molar-refractivity contribution in [2.45, 2.75) is 31.3 Å². The van der Waals surface area contributed by atoms with E-state index in [0.717, 1.165) is 31.5 Å². The summed E-state index contributed by atoms with van der Waals surface area (Å²) in [5.74, 6) is -0.0780. The summed E-state index contributed by atoms with van der Waals surface area (Å²) >= 11 is 0. The normalized spacial score (nSPS) is 24.0. The van der Waals surface area contributed by atoms with E-state index in [-0.39, 0.29) is 18.0 Å². The van der Waals surface area contributed by atoms with Crippen molar-refractivity contribution in [3.05, 3.63) is 35.9 Å². The molecule has 2 heterocycles. The van der Waals surface area contributed by atoms with Gasteiger partial charge >= 0.3 is 6.03 Å². The largest absolute Gasteiger partial charge is 0.325 e. The lowest BCUT2D eigenvalue weighted by atomic mass is 10.0. The van der Waals surface area contributed by atoms with Crippen molar-refractivity contribution in [1.29, 1.82) is 0 Å². The zero-order valence-corrected chi connectivity index (χ0v) is 11.3. The second kappa shape index (κ2) is 5.63. The Morgan fingerprint density at radius 3 is 2.50 bits per heavy atom. The number of nitrogens with one attached hydrogen (secondary N) is 2. The van der Waals surface area contributed by atoms with Crippen molar-refractivity contribution in [1.82, 2.24) is 15.5 Å². The molecule has 0 saturated carbocycles. The highest BCUT2D eigenvalue weighted by atomic mass is 16.2. The summed E-state index contributed by atoms with van der Waals surface area (Å²) in [4.78, 5) is 25.9. The number of amides is 3. The van der Waals surface area contributed by atoms with E-state index in [2.05, 4.69) is 10.6 Å². The summed E-state index contributed by atoms with van der Waals surface area (Å²) in [5.41, 5.74) is 1.07. The molecule has 1 aromatic rings. The number of imide groups is 1. The Hall–Kier alpha value is -1.88. The van der Waals surface area contributed by atoms with Crippen LogP contribution in [0.3, 0.4) is 0 Å². The van der Waals surface area contributed by atoms with Gasteiger partial charge < -0.3 is 10.6 Å². The van der Waals surface area contributed by atoms with Gasteiger partial charge in [-0.2, -0.15) is 0 Å². The number of carbonyl (C=O) groups is 2. The number of nitrogens with zero attached hydrogens (tertiary/aromatic N) is 1. The van der Waals surface area contributed by atoms with Gasteiger partial charge in [-0.1, -0.05) is 30.3 Å². The average Bonchev–Trinajstić information content (AvgIpc) is 2.75. The van der Waals surface area contributed by atoms with Crippen molar-refractivity contribution >= 4 is 11.9 Å². The summed E-state index contributed by atoms with van der Waals surface area (Å²) in [6.07, 6.45) is 2.25. The van der Waals surface area contributed by atoms with E-state index in [1.807, 2.05) is 30.3 Å². The third kappa shape index (κ3) is 2.54. The predicted octanol–water partition coefficient (Wildman–Crippen LogP) is 0.901. The minimum absolute atomic E-state index is 0.0459. The first-order valence-corrected chi connectivity index (χ1v) is 7.14. The molecule has 0 aliphatic carbocycles. The quantitative estimate of drug-likeness (QED) is 0.804. The first-order chi connectivity index (χ1) is 9.75. The van der Waals surface area contributed by atoms with Gasteiger partial charge in [0, 0.05) is 12.5 Å². The van der Waals surface area contributed by atoms with Gasteiger partial charge in [-0.25, -0.2) is 4.79 Å². The SMILES string of the molecule is O=C1NC(Cc2ccccc2)C(=O)N1C1CCNCC1. The molecule has 1 aromatic carbocycles. The van der Waals surface area contributed by atoms with Gasteiger partial charge in [-0.3, -0.25) is 9.69 Å². The maximum Gasteiger partial charge on any atom is 0.325 e. The summed E-state index contributed by atoms with van der Waals surface area (Å²) in [7, 11) is 0. The van der Waals surface area contributed by atoms with Gasteiger partial charge in [-0.05, 0) is 31.5 Å². The molecule has 2 aliphatic rings. The highest BCUT2D eigenvalue weighted by Crippen LogP contribution is 2.19. The number of benzene rings is 1. The molecule has 2 fully saturated rings. The summed E-state index contributed by atoms with van der Waals surface area (Å²) in [6.45, 7) is 1.73. The number of hydrogen-bond acceptors (Lipinski definition) is 3. The number of piperidine rings is 1. The highest BCUT2D eigenvalue weighted by Gasteiger charge is 2.41. The van der Waals surface area contributed by atoms with Crippen LogP contribution in [0.2, 0.25) is 0 Å². The fraction of sp³-hybridized carbons (Fsp3) is 0.467. The second-order valence-corrected chi connectivity index (χ2v) is 5.38. The third-order valence-electron chi connectivity index (χ3n) is 4.01. The van der Waals surface area contributed by atoms with Crippen LogP contribution in [-0.4, -0.2) is 42.0 Å². The van der Waals surface area contributed by atoms with Crippen LogP contribution in [0.5, 0.6) is 0 Å². The monoisotopic (exact) mass is 273 g/mol. The van der Waals surface area contributed by atoms with Gasteiger partial charge in [0.25, 0.3) is 5.91 Å². The summed E-state index contributed by atoms with van der Waals surface area (Å²) < 4.78 is 0. The van der Waals surface area contributed by atoms with Crippen molar-refractivity contribution in [3.63, 3.8) is 0 Å². The Labute approximate surface area is 118 Å². The lowest BCUT2D eigenvalue weighted by molar-refractivity contribution is -0.129. The van der Waals surface area contributed by atoms with E-state index in [4.69, 9.17) is 0 Å². The van der Waals surface area contributed by atoms with Crippen LogP contribution < -0.4 is 10.6 Å². The Bertz CT molecular complexity index is 497. The molecule has 0 aromatic heterocycles. The number of urea groups is 1. The smallest absolute Gasteiger partial charge is 0.325 e. The Morgan fingerprint density at radius 1 is 1.10 bits per heavy atom. The first kappa shape index (κ1) is 13.1. The molecule has 2 N–H and O–H groups in total. The molecule has 2 aliphatic heterocycles. The molecule has 5 heteroatoms. The molecule has 20 heavy (non-hydrogen) atoms. The van der Waals surface area contributed by atoms with Crippen molar-refractivity contribution in [2.24, 2.45) is 0 Å². The van der Waals surface area contributed by atoms with Gasteiger partial charge in [0.2, 0.25) is 0 Å². The van der Waals surface area contributed by atoms with E-state index >= 15 is 0 Å². The first-order valence-electron chi connectivity index (χ1n) is 7.14. The van der Waals surface area contributed by atoms with E-state index in [9.17, 15) is 9.59 Å². The van der Waals surface area contributed by atoms with E-state index in [0.29, 0.717) is 6.42 Å². The number of rotatable bonds is 3. The third-order valence-corrected chi connectivity index (χ3v) is 4.01. The average molecular weight is 273 g/mol. The fourth-order valence-corrected chi connectivity index (χ4v) is 2.95. The van der Waals surface area contributed by atoms with Gasteiger partial charge in [0.05, 0.1) is 0 Å². The molecule has 2 saturated heterocycles. The molecule has 0 radical (unpaired) electrons. The maximum atomic E-state index is 12.4. The molecule has 0 bridgehead atoms. The molecule has 5 nitrogen and oxygen atoms in total. The molecule has 3 rings (SSSR count). The molecule has 1 atom stereocenters. The van der Waals surface area contributed by atoms with Crippen LogP contribution in [0.25, 0.3) is 0 Å². The Morgan fingerprint density at radius 2 is 1.80 bits per heavy atom. The molecule has 3 amide bonds. The lowest BCUT2D eigenvalue weighted by Crippen LogP contribution is -2.46. The van der Waals surface area contributed by atoms with E-state index < -0.39 is 6.04 Å². The highest BCUT2D eigenvalue weighted by molar-refractivity contribution is 6.04. The minimum atomic E-state index is -0.417. The van der Waals surface area contributed by atoms with Crippen molar-refractivity contribution in [2.75, 3.05) is 13.1 Å².